The van der Waals surface area contributed by atoms with Crippen LogP contribution < -0.4 is 9.46 Å². The highest BCUT2D eigenvalue weighted by atomic mass is 32.2. The van der Waals surface area contributed by atoms with Crippen LogP contribution in [0.1, 0.15) is 17.2 Å². The number of rotatable bonds is 7. The minimum Gasteiger partial charge on any atom is -0.496 e. The van der Waals surface area contributed by atoms with Gasteiger partial charge in [-0.05, 0) is 49.4 Å². The van der Waals surface area contributed by atoms with E-state index in [-0.39, 0.29) is 10.9 Å². The normalized spacial score (nSPS) is 17.4. The molecule has 8 heteroatoms. The van der Waals surface area contributed by atoms with E-state index < -0.39 is 10.0 Å². The van der Waals surface area contributed by atoms with Gasteiger partial charge >= 0.3 is 0 Å². The van der Waals surface area contributed by atoms with Gasteiger partial charge in [-0.25, -0.2) is 13.1 Å². The average molecular weight is 405 g/mol. The highest BCUT2D eigenvalue weighted by Gasteiger charge is 2.26. The van der Waals surface area contributed by atoms with Crippen LogP contribution in [0.3, 0.4) is 0 Å². The van der Waals surface area contributed by atoms with Crippen LogP contribution in [0, 0.1) is 6.92 Å². The number of pyridine rings is 1. The molecule has 7 nitrogen and oxygen atoms in total. The van der Waals surface area contributed by atoms with Gasteiger partial charge in [-0.3, -0.25) is 9.88 Å². The maximum absolute atomic E-state index is 12.9. The van der Waals surface area contributed by atoms with Gasteiger partial charge in [0.15, 0.2) is 0 Å². The van der Waals surface area contributed by atoms with Crippen molar-refractivity contribution < 1.29 is 13.2 Å². The van der Waals surface area contributed by atoms with E-state index in [1.54, 1.807) is 31.5 Å². The van der Waals surface area contributed by atoms with E-state index in [9.17, 15) is 8.42 Å². The number of aryl methyl sites for hydroxylation is 1. The van der Waals surface area contributed by atoms with Gasteiger partial charge in [0, 0.05) is 51.2 Å². The topological polar surface area (TPSA) is 74.8 Å². The van der Waals surface area contributed by atoms with E-state index in [4.69, 9.17) is 4.74 Å². The number of hydrogen-bond donors (Lipinski definition) is 1. The Balaban J connectivity index is 1.78. The van der Waals surface area contributed by atoms with Gasteiger partial charge in [0.1, 0.15) is 5.75 Å². The fourth-order valence-corrected chi connectivity index (χ4v) is 4.58. The zero-order valence-electron chi connectivity index (χ0n) is 16.6. The van der Waals surface area contributed by atoms with Crippen molar-refractivity contribution in [2.45, 2.75) is 17.9 Å². The first-order valence-electron chi connectivity index (χ1n) is 9.37. The van der Waals surface area contributed by atoms with Gasteiger partial charge in [0.2, 0.25) is 10.0 Å². The third kappa shape index (κ3) is 4.88. The second-order valence-corrected chi connectivity index (χ2v) is 8.89. The lowest BCUT2D eigenvalue weighted by Crippen LogP contribution is -2.48. The fourth-order valence-electron chi connectivity index (χ4n) is 3.45. The van der Waals surface area contributed by atoms with Gasteiger partial charge in [-0.2, -0.15) is 0 Å². The maximum atomic E-state index is 12.9. The van der Waals surface area contributed by atoms with Crippen LogP contribution in [-0.4, -0.2) is 70.1 Å². The summed E-state index contributed by atoms with van der Waals surface area (Å²) < 4.78 is 33.7. The van der Waals surface area contributed by atoms with Crippen molar-refractivity contribution in [3.05, 3.63) is 53.9 Å². The first kappa shape index (κ1) is 20.7. The van der Waals surface area contributed by atoms with Crippen molar-refractivity contribution in [1.29, 1.82) is 0 Å². The molecule has 28 heavy (non-hydrogen) atoms. The van der Waals surface area contributed by atoms with Crippen molar-refractivity contribution in [3.63, 3.8) is 0 Å². The van der Waals surface area contributed by atoms with Gasteiger partial charge < -0.3 is 9.64 Å². The number of likely N-dealkylation sites (N-methyl/N-ethyl adjacent to an activating group) is 1. The van der Waals surface area contributed by atoms with Crippen molar-refractivity contribution in [1.82, 2.24) is 19.5 Å². The smallest absolute Gasteiger partial charge is 0.240 e. The summed E-state index contributed by atoms with van der Waals surface area (Å²) in [5.41, 5.74) is 1.80. The summed E-state index contributed by atoms with van der Waals surface area (Å²) in [5, 5.41) is 0. The van der Waals surface area contributed by atoms with Crippen LogP contribution in [0.5, 0.6) is 5.75 Å². The van der Waals surface area contributed by atoms with Crippen molar-refractivity contribution in [3.8, 4) is 5.75 Å². The number of benzene rings is 1. The van der Waals surface area contributed by atoms with Crippen LogP contribution in [0.25, 0.3) is 0 Å². The monoisotopic (exact) mass is 404 g/mol. The van der Waals surface area contributed by atoms with Gasteiger partial charge in [-0.1, -0.05) is 6.07 Å². The van der Waals surface area contributed by atoms with Gasteiger partial charge in [0.05, 0.1) is 12.0 Å². The molecule has 2 heterocycles. The quantitative estimate of drug-likeness (QED) is 0.757. The zero-order chi connectivity index (χ0) is 20.1. The Morgan fingerprint density at radius 2 is 1.96 bits per heavy atom. The van der Waals surface area contributed by atoms with Crippen LogP contribution in [0.2, 0.25) is 0 Å². The van der Waals surface area contributed by atoms with E-state index in [0.29, 0.717) is 12.3 Å². The Morgan fingerprint density at radius 1 is 1.21 bits per heavy atom. The number of piperazine rings is 1. The van der Waals surface area contributed by atoms with E-state index in [1.807, 2.05) is 25.3 Å². The largest absolute Gasteiger partial charge is 0.496 e. The average Bonchev–Trinajstić information content (AvgIpc) is 2.70. The van der Waals surface area contributed by atoms with E-state index in [1.165, 1.54) is 0 Å². The third-order valence-corrected chi connectivity index (χ3v) is 6.61. The van der Waals surface area contributed by atoms with E-state index in [0.717, 1.165) is 37.3 Å². The summed E-state index contributed by atoms with van der Waals surface area (Å²) in [6.45, 7) is 5.82. The van der Waals surface area contributed by atoms with Crippen LogP contribution in [-0.2, 0) is 10.0 Å². The Bertz CT molecular complexity index is 882. The Morgan fingerprint density at radius 3 is 2.57 bits per heavy atom. The maximum Gasteiger partial charge on any atom is 0.240 e. The molecule has 0 radical (unpaired) electrons. The highest BCUT2D eigenvalue weighted by Crippen LogP contribution is 2.24. The molecule has 0 unspecified atom stereocenters. The molecule has 3 rings (SSSR count). The number of ether oxygens (including phenoxy) is 1. The first-order valence-corrected chi connectivity index (χ1v) is 10.9. The molecule has 152 valence electrons. The molecule has 2 aromatic rings. The lowest BCUT2D eigenvalue weighted by Gasteiger charge is -2.38. The molecule has 0 amide bonds. The Kier molecular flexibility index (Phi) is 6.66. The Labute approximate surface area is 167 Å². The number of sulfonamides is 1. The van der Waals surface area contributed by atoms with Crippen LogP contribution in [0.15, 0.2) is 47.6 Å². The molecular formula is C20H28N4O3S. The summed E-state index contributed by atoms with van der Waals surface area (Å²) >= 11 is 0. The van der Waals surface area contributed by atoms with Gasteiger partial charge in [0.25, 0.3) is 0 Å². The predicted octanol–water partition coefficient (Wildman–Crippen LogP) is 1.67. The van der Waals surface area contributed by atoms with Crippen LogP contribution >= 0.6 is 0 Å². The third-order valence-electron chi connectivity index (χ3n) is 5.19. The van der Waals surface area contributed by atoms with Crippen LogP contribution in [0.4, 0.5) is 0 Å². The molecular weight excluding hydrogens is 376 g/mol. The van der Waals surface area contributed by atoms with Gasteiger partial charge in [-0.15, -0.1) is 0 Å². The molecule has 1 aromatic carbocycles. The number of nitrogens with one attached hydrogen (secondary N) is 1. The number of aromatic nitrogens is 1. The lowest BCUT2D eigenvalue weighted by molar-refractivity contribution is 0.112. The Hall–Kier alpha value is -2.00. The first-order chi connectivity index (χ1) is 13.4. The lowest BCUT2D eigenvalue weighted by atomic mass is 10.1. The van der Waals surface area contributed by atoms with E-state index >= 15 is 0 Å². The summed E-state index contributed by atoms with van der Waals surface area (Å²) in [4.78, 5) is 9.06. The second-order valence-electron chi connectivity index (χ2n) is 7.12. The molecule has 1 N–H and O–H groups in total. The number of nitrogens with zero attached hydrogens (tertiary/aromatic N) is 3. The summed E-state index contributed by atoms with van der Waals surface area (Å²) in [6, 6.07) is 8.72. The van der Waals surface area contributed by atoms with Crippen molar-refractivity contribution >= 4 is 10.0 Å². The SMILES string of the molecule is COc1ccc(S(=O)(=O)NC[C@@H](c2cccnc2)N2CCN(C)CC2)cc1C. The molecule has 1 fully saturated rings. The molecule has 0 saturated carbocycles. The molecule has 0 spiro atoms. The molecule has 1 aromatic heterocycles. The van der Waals surface area contributed by atoms with Crippen molar-refractivity contribution in [2.75, 3.05) is 46.9 Å². The summed E-state index contributed by atoms with van der Waals surface area (Å²) in [6.07, 6.45) is 3.55. The fraction of sp³-hybridized carbons (Fsp3) is 0.450. The van der Waals surface area contributed by atoms with E-state index in [2.05, 4.69) is 26.6 Å². The molecule has 0 aliphatic carbocycles. The highest BCUT2D eigenvalue weighted by molar-refractivity contribution is 7.89. The number of hydrogen-bond acceptors (Lipinski definition) is 6. The predicted molar refractivity (Wildman–Crippen MR) is 109 cm³/mol. The summed E-state index contributed by atoms with van der Waals surface area (Å²) in [7, 11) is 0.0517. The minimum absolute atomic E-state index is 0.0588. The zero-order valence-corrected chi connectivity index (χ0v) is 17.4. The minimum atomic E-state index is -3.62. The molecule has 1 atom stereocenters. The molecule has 1 saturated heterocycles. The van der Waals surface area contributed by atoms with Crippen molar-refractivity contribution in [2.24, 2.45) is 0 Å². The summed E-state index contributed by atoms with van der Waals surface area (Å²) in [5.74, 6) is 0.671. The standard InChI is InChI=1S/C20H28N4O3S/c1-16-13-18(6-7-20(16)27-3)28(25,26)22-15-19(17-5-4-8-21-14-17)24-11-9-23(2)10-12-24/h4-8,13-14,19,22H,9-12,15H2,1-3H3/t19-/m0/s1. The molecule has 1 aliphatic heterocycles. The second kappa shape index (κ2) is 9.00. The molecule has 1 aliphatic rings. The molecule has 0 bridgehead atoms. The number of methoxy groups -OCH3 is 1.